The summed E-state index contributed by atoms with van der Waals surface area (Å²) in [6.07, 6.45) is 1.27. The lowest BCUT2D eigenvalue weighted by molar-refractivity contribution is -0.138. The summed E-state index contributed by atoms with van der Waals surface area (Å²) in [6, 6.07) is 23.0. The maximum Gasteiger partial charge on any atom is 0.410 e. The number of piperazine rings is 1. The van der Waals surface area contributed by atoms with Gasteiger partial charge in [0.25, 0.3) is 0 Å². The van der Waals surface area contributed by atoms with E-state index in [0.29, 0.717) is 12.2 Å². The predicted molar refractivity (Wildman–Crippen MR) is 160 cm³/mol. The molecule has 0 bridgehead atoms. The molecule has 1 unspecified atom stereocenters. The SMILES string of the molecule is Cc1cccc(CN(C(=O)C2CN(C(=O)OC(C)(C)C)CC(=O)N2c2cccc(-c3ccccc3)c2)C2CC2)c1C. The molecule has 3 aromatic carbocycles. The fourth-order valence-electron chi connectivity index (χ4n) is 5.34. The number of ether oxygens (including phenoxy) is 1. The number of carbonyl (C=O) groups is 3. The van der Waals surface area contributed by atoms with Crippen molar-refractivity contribution in [3.8, 4) is 11.1 Å². The largest absolute Gasteiger partial charge is 0.444 e. The molecule has 1 aliphatic heterocycles. The highest BCUT2D eigenvalue weighted by Gasteiger charge is 2.45. The molecule has 1 saturated heterocycles. The van der Waals surface area contributed by atoms with Gasteiger partial charge in [0.15, 0.2) is 0 Å². The average molecular weight is 554 g/mol. The van der Waals surface area contributed by atoms with Gasteiger partial charge in [-0.3, -0.25) is 19.4 Å². The van der Waals surface area contributed by atoms with Crippen LogP contribution in [0.3, 0.4) is 0 Å². The Morgan fingerprint density at radius 3 is 2.29 bits per heavy atom. The number of aryl methyl sites for hydroxylation is 1. The molecule has 0 radical (unpaired) electrons. The van der Waals surface area contributed by atoms with Crippen molar-refractivity contribution in [2.45, 2.75) is 71.7 Å². The van der Waals surface area contributed by atoms with Crippen molar-refractivity contribution in [3.05, 3.63) is 89.5 Å². The van der Waals surface area contributed by atoms with Gasteiger partial charge in [-0.2, -0.15) is 0 Å². The van der Waals surface area contributed by atoms with Crippen molar-refractivity contribution in [1.82, 2.24) is 9.80 Å². The fraction of sp³-hybridized carbons (Fsp3) is 0.382. The van der Waals surface area contributed by atoms with Crippen molar-refractivity contribution in [2.24, 2.45) is 0 Å². The molecule has 3 amide bonds. The van der Waals surface area contributed by atoms with Gasteiger partial charge in [0.2, 0.25) is 11.8 Å². The summed E-state index contributed by atoms with van der Waals surface area (Å²) in [5.41, 5.74) is 5.32. The van der Waals surface area contributed by atoms with E-state index >= 15 is 0 Å². The van der Waals surface area contributed by atoms with Gasteiger partial charge in [-0.25, -0.2) is 4.79 Å². The Kier molecular flexibility index (Phi) is 7.89. The molecule has 7 nitrogen and oxygen atoms in total. The first-order chi connectivity index (χ1) is 19.5. The van der Waals surface area contributed by atoms with Crippen molar-refractivity contribution in [3.63, 3.8) is 0 Å². The number of amides is 3. The minimum Gasteiger partial charge on any atom is -0.444 e. The first-order valence-corrected chi connectivity index (χ1v) is 14.3. The Morgan fingerprint density at radius 1 is 0.927 bits per heavy atom. The molecule has 1 heterocycles. The topological polar surface area (TPSA) is 70.2 Å². The first kappa shape index (κ1) is 28.4. The summed E-state index contributed by atoms with van der Waals surface area (Å²) in [4.78, 5) is 46.3. The second-order valence-electron chi connectivity index (χ2n) is 12.1. The lowest BCUT2D eigenvalue weighted by atomic mass is 10.0. The van der Waals surface area contributed by atoms with E-state index in [9.17, 15) is 14.4 Å². The highest BCUT2D eigenvalue weighted by atomic mass is 16.6. The highest BCUT2D eigenvalue weighted by molar-refractivity contribution is 6.04. The van der Waals surface area contributed by atoms with Crippen LogP contribution in [0.25, 0.3) is 11.1 Å². The molecule has 1 saturated carbocycles. The number of hydrogen-bond donors (Lipinski definition) is 0. The number of nitrogens with zero attached hydrogens (tertiary/aromatic N) is 3. The summed E-state index contributed by atoms with van der Waals surface area (Å²) in [5, 5.41) is 0. The molecule has 2 aliphatic rings. The molecule has 0 spiro atoms. The Bertz CT molecular complexity index is 1440. The predicted octanol–water partition coefficient (Wildman–Crippen LogP) is 6.11. The van der Waals surface area contributed by atoms with Crippen LogP contribution in [0, 0.1) is 13.8 Å². The van der Waals surface area contributed by atoms with Crippen LogP contribution in [0.2, 0.25) is 0 Å². The molecule has 41 heavy (non-hydrogen) atoms. The third-order valence-electron chi connectivity index (χ3n) is 7.80. The van der Waals surface area contributed by atoms with Gasteiger partial charge in [0, 0.05) is 18.3 Å². The highest BCUT2D eigenvalue weighted by Crippen LogP contribution is 2.33. The summed E-state index contributed by atoms with van der Waals surface area (Å²) in [7, 11) is 0. The lowest BCUT2D eigenvalue weighted by Crippen LogP contribution is -2.63. The second kappa shape index (κ2) is 11.4. The maximum absolute atomic E-state index is 14.5. The number of hydrogen-bond acceptors (Lipinski definition) is 4. The molecule has 1 atom stereocenters. The minimum atomic E-state index is -0.875. The van der Waals surface area contributed by atoms with E-state index in [1.54, 1.807) is 25.7 Å². The number of rotatable bonds is 6. The average Bonchev–Trinajstić information content (AvgIpc) is 3.78. The zero-order valence-corrected chi connectivity index (χ0v) is 24.6. The molecule has 2 fully saturated rings. The number of carbonyl (C=O) groups excluding carboxylic acids is 3. The van der Waals surface area contributed by atoms with Crippen molar-refractivity contribution in [1.29, 1.82) is 0 Å². The summed E-state index contributed by atoms with van der Waals surface area (Å²) in [5.74, 6) is -0.465. The van der Waals surface area contributed by atoms with Gasteiger partial charge in [-0.1, -0.05) is 60.7 Å². The van der Waals surface area contributed by atoms with Gasteiger partial charge in [-0.15, -0.1) is 0 Å². The van der Waals surface area contributed by atoms with Gasteiger partial charge in [-0.05, 0) is 87.4 Å². The smallest absolute Gasteiger partial charge is 0.410 e. The number of benzene rings is 3. The van der Waals surface area contributed by atoms with E-state index in [0.717, 1.165) is 35.1 Å². The van der Waals surface area contributed by atoms with Crippen LogP contribution >= 0.6 is 0 Å². The van der Waals surface area contributed by atoms with Crippen LogP contribution in [0.5, 0.6) is 0 Å². The van der Waals surface area contributed by atoms with Gasteiger partial charge >= 0.3 is 6.09 Å². The van der Waals surface area contributed by atoms with E-state index in [1.165, 1.54) is 10.5 Å². The molecule has 7 heteroatoms. The van der Waals surface area contributed by atoms with Gasteiger partial charge < -0.3 is 9.64 Å². The van der Waals surface area contributed by atoms with Gasteiger partial charge in [0.1, 0.15) is 18.2 Å². The summed E-state index contributed by atoms with van der Waals surface area (Å²) in [6.45, 7) is 9.89. The van der Waals surface area contributed by atoms with Crippen LogP contribution < -0.4 is 4.90 Å². The monoisotopic (exact) mass is 553 g/mol. The molecular weight excluding hydrogens is 514 g/mol. The quantitative estimate of drug-likeness (QED) is 0.369. The summed E-state index contributed by atoms with van der Waals surface area (Å²) < 4.78 is 5.61. The lowest BCUT2D eigenvalue weighted by Gasteiger charge is -2.42. The number of anilines is 1. The molecule has 0 N–H and O–H groups in total. The van der Waals surface area contributed by atoms with Crippen LogP contribution in [0.1, 0.15) is 50.3 Å². The Balaban J connectivity index is 1.51. The van der Waals surface area contributed by atoms with E-state index in [2.05, 4.69) is 26.0 Å². The molecule has 1 aliphatic carbocycles. The van der Waals surface area contributed by atoms with E-state index in [1.807, 2.05) is 65.6 Å². The van der Waals surface area contributed by atoms with Crippen molar-refractivity contribution in [2.75, 3.05) is 18.0 Å². The first-order valence-electron chi connectivity index (χ1n) is 14.3. The third kappa shape index (κ3) is 6.45. The summed E-state index contributed by atoms with van der Waals surface area (Å²) >= 11 is 0. The van der Waals surface area contributed by atoms with Crippen molar-refractivity contribution >= 4 is 23.6 Å². The second-order valence-corrected chi connectivity index (χ2v) is 12.1. The molecule has 0 aromatic heterocycles. The standard InChI is InChI=1S/C34H39N3O4/c1-23-11-9-15-27(24(23)2)20-36(28-17-18-28)32(39)30-21-35(33(40)41-34(3,4)5)22-31(38)37(30)29-16-10-14-26(19-29)25-12-7-6-8-13-25/h6-16,19,28,30H,17-18,20-22H2,1-5H3. The Labute approximate surface area is 242 Å². The maximum atomic E-state index is 14.5. The van der Waals surface area contributed by atoms with Crippen LogP contribution in [0.4, 0.5) is 10.5 Å². The van der Waals surface area contributed by atoms with E-state index in [4.69, 9.17) is 4.74 Å². The van der Waals surface area contributed by atoms with E-state index < -0.39 is 17.7 Å². The normalized spacial score (nSPS) is 17.4. The molecule has 3 aromatic rings. The molecule has 5 rings (SSSR count). The Morgan fingerprint density at radius 2 is 1.61 bits per heavy atom. The van der Waals surface area contributed by atoms with Crippen LogP contribution in [-0.2, 0) is 20.9 Å². The zero-order valence-electron chi connectivity index (χ0n) is 24.6. The van der Waals surface area contributed by atoms with E-state index in [-0.39, 0.29) is 30.9 Å². The zero-order chi connectivity index (χ0) is 29.3. The van der Waals surface area contributed by atoms with Crippen LogP contribution in [0.15, 0.2) is 72.8 Å². The molecular formula is C34H39N3O4. The van der Waals surface area contributed by atoms with Crippen LogP contribution in [-0.4, -0.2) is 58.5 Å². The van der Waals surface area contributed by atoms with Crippen molar-refractivity contribution < 1.29 is 19.1 Å². The third-order valence-corrected chi connectivity index (χ3v) is 7.80. The Hall–Kier alpha value is -4.13. The fourth-order valence-corrected chi connectivity index (χ4v) is 5.34. The molecule has 214 valence electrons. The van der Waals surface area contributed by atoms with Gasteiger partial charge in [0.05, 0.1) is 6.54 Å². The minimum absolute atomic E-state index is 0.0606.